The van der Waals surface area contributed by atoms with Gasteiger partial charge in [0.15, 0.2) is 0 Å². The molecule has 0 spiro atoms. The summed E-state index contributed by atoms with van der Waals surface area (Å²) in [6.45, 7) is 9.89. The van der Waals surface area contributed by atoms with Crippen LogP contribution >= 0.6 is 0 Å². The van der Waals surface area contributed by atoms with Crippen LogP contribution < -0.4 is 42.2 Å². The van der Waals surface area contributed by atoms with Gasteiger partial charge in [-0.25, -0.2) is 19.6 Å². The number of methoxy groups -OCH3 is 2. The maximum atomic E-state index is 14.2. The van der Waals surface area contributed by atoms with Crippen molar-refractivity contribution in [3.05, 3.63) is 70.3 Å². The number of amides is 8. The number of nitrogens with two attached hydrogens (primary N) is 2. The molecular formula is C53H72N16O9. The number of hydrogen-bond donors (Lipinski definition) is 6. The highest BCUT2D eigenvalue weighted by Crippen LogP contribution is 2.34. The number of carbonyl (C=O) groups excluding carboxylic acids is 6. The predicted molar refractivity (Wildman–Crippen MR) is 291 cm³/mol. The number of benzene rings is 2. The third kappa shape index (κ3) is 12.6. The Hall–Kier alpha value is -8.22. The Morgan fingerprint density at radius 3 is 1.74 bits per heavy atom. The number of primary amides is 2. The van der Waals surface area contributed by atoms with Crippen LogP contribution in [0, 0.1) is 18.8 Å². The Labute approximate surface area is 451 Å². The molecule has 8 rings (SSSR count). The average molecular weight is 1080 g/mol. The number of ether oxygens (including phenoxy) is 3. The molecule has 1 aliphatic heterocycles. The first kappa shape index (κ1) is 56.0. The van der Waals surface area contributed by atoms with Gasteiger partial charge in [-0.05, 0) is 120 Å². The fraction of sp³-hybridized carbons (Fsp3) is 0.509. The lowest BCUT2D eigenvalue weighted by Crippen LogP contribution is -2.43. The molecule has 25 heteroatoms. The van der Waals surface area contributed by atoms with Gasteiger partial charge >= 0.3 is 12.1 Å². The maximum Gasteiger partial charge on any atom is 0.317 e. The van der Waals surface area contributed by atoms with Crippen LogP contribution in [0.4, 0.5) is 21.5 Å². The molecule has 2 atom stereocenters. The number of fused-ring (bicyclic) bond motifs is 2. The van der Waals surface area contributed by atoms with E-state index in [-0.39, 0.29) is 47.0 Å². The van der Waals surface area contributed by atoms with Gasteiger partial charge in [-0.15, -0.1) is 0 Å². The van der Waals surface area contributed by atoms with Gasteiger partial charge in [0, 0.05) is 90.3 Å². The number of nitrogens with one attached hydrogen (secondary N) is 4. The Kier molecular flexibility index (Phi) is 17.8. The summed E-state index contributed by atoms with van der Waals surface area (Å²) >= 11 is 0. The first-order chi connectivity index (χ1) is 37.5. The second-order valence-electron chi connectivity index (χ2n) is 20.0. The number of urea groups is 2. The van der Waals surface area contributed by atoms with Crippen LogP contribution in [-0.4, -0.2) is 151 Å². The zero-order valence-electron chi connectivity index (χ0n) is 45.5. The zero-order valence-corrected chi connectivity index (χ0v) is 45.5. The SMILES string of the molecule is CCn1nc(C)cc1C(=O)Nc1nc2cc(C(N)=O)cc(OC)c2n1CCCNC(=O)N(C)C1CCC(Cc2cc(C(=O)Nc3nc4cc(C(N)=O)cc(OC)c4n3CCCNC(=O)N(C)CC3CCOCC3)n(CC)n2)C1. The zero-order chi connectivity index (χ0) is 55.8. The molecule has 2 unspecified atom stereocenters. The van der Waals surface area contributed by atoms with Crippen LogP contribution in [0.15, 0.2) is 36.4 Å². The van der Waals surface area contributed by atoms with Crippen LogP contribution in [0.2, 0.25) is 0 Å². The minimum atomic E-state index is -0.656. The van der Waals surface area contributed by atoms with E-state index in [9.17, 15) is 28.8 Å². The van der Waals surface area contributed by atoms with E-state index >= 15 is 0 Å². The summed E-state index contributed by atoms with van der Waals surface area (Å²) in [4.78, 5) is 91.7. The highest BCUT2D eigenvalue weighted by atomic mass is 16.5. The van der Waals surface area contributed by atoms with Crippen molar-refractivity contribution in [2.24, 2.45) is 23.3 Å². The Morgan fingerprint density at radius 1 is 0.692 bits per heavy atom. The van der Waals surface area contributed by atoms with Gasteiger partial charge in [0.25, 0.3) is 11.8 Å². The summed E-state index contributed by atoms with van der Waals surface area (Å²) in [5, 5.41) is 21.2. The first-order valence-electron chi connectivity index (χ1n) is 26.6. The van der Waals surface area contributed by atoms with Crippen molar-refractivity contribution in [2.45, 2.75) is 104 Å². The standard InChI is InChI=1S/C53H72N16O9/c1-8-68-40(22-31(3)62-68)48(72)60-50-58-38-25-34(46(54)70)28-43(77-7)45(38)67(50)19-11-17-57-53(75)65(5)37-13-12-33(24-37)23-36-29-41(69(9-2)63-36)49(73)61-51-59-39-26-35(47(55)71)27-42(76-6)44(39)66(51)18-10-16-56-52(74)64(4)30-32-14-20-78-21-15-32/h22,25-29,32-33,37H,8-21,23-24,30H2,1-7H3,(H2,54,70)(H2,55,71)(H,56,74)(H,57,75)(H,58,60,72)(H,59,61,73). The maximum absolute atomic E-state index is 14.2. The van der Waals surface area contributed by atoms with E-state index in [0.717, 1.165) is 37.8 Å². The van der Waals surface area contributed by atoms with Gasteiger partial charge in [0.1, 0.15) is 33.9 Å². The summed E-state index contributed by atoms with van der Waals surface area (Å²) in [6, 6.07) is 9.25. The Morgan fingerprint density at radius 2 is 1.22 bits per heavy atom. The fourth-order valence-electron chi connectivity index (χ4n) is 10.5. The van der Waals surface area contributed by atoms with Crippen molar-refractivity contribution < 1.29 is 43.0 Å². The van der Waals surface area contributed by atoms with Crippen molar-refractivity contribution in [2.75, 3.05) is 71.8 Å². The number of hydrogen-bond acceptors (Lipinski definition) is 13. The second-order valence-corrected chi connectivity index (χ2v) is 20.0. The topological polar surface area (TPSA) is 308 Å². The van der Waals surface area contributed by atoms with Crippen molar-refractivity contribution in [3.8, 4) is 11.5 Å². The van der Waals surface area contributed by atoms with E-state index in [2.05, 4.69) is 31.3 Å². The second kappa shape index (κ2) is 24.8. The molecule has 1 aliphatic carbocycles. The van der Waals surface area contributed by atoms with Crippen molar-refractivity contribution in [3.63, 3.8) is 0 Å². The van der Waals surface area contributed by atoms with Gasteiger partial charge in [0.2, 0.25) is 23.7 Å². The summed E-state index contributed by atoms with van der Waals surface area (Å²) in [6.07, 6.45) is 5.77. The lowest BCUT2D eigenvalue weighted by Gasteiger charge is -2.27. The van der Waals surface area contributed by atoms with E-state index in [0.29, 0.717) is 135 Å². The van der Waals surface area contributed by atoms with Crippen LogP contribution in [0.25, 0.3) is 22.1 Å². The summed E-state index contributed by atoms with van der Waals surface area (Å²) in [5.41, 5.74) is 15.7. The Balaban J connectivity index is 0.881. The molecule has 4 aromatic heterocycles. The molecule has 0 radical (unpaired) electrons. The van der Waals surface area contributed by atoms with E-state index in [1.807, 2.05) is 20.8 Å². The lowest BCUT2D eigenvalue weighted by molar-refractivity contribution is 0.0586. The number of aryl methyl sites for hydroxylation is 5. The van der Waals surface area contributed by atoms with Gasteiger partial charge in [-0.3, -0.25) is 39.2 Å². The van der Waals surface area contributed by atoms with Crippen LogP contribution in [0.5, 0.6) is 11.5 Å². The van der Waals surface area contributed by atoms with Gasteiger partial charge in [-0.1, -0.05) is 0 Å². The minimum Gasteiger partial charge on any atom is -0.494 e. The highest BCUT2D eigenvalue weighted by molar-refractivity contribution is 6.05. The highest BCUT2D eigenvalue weighted by Gasteiger charge is 2.32. The minimum absolute atomic E-state index is 0.0271. The number of carbonyl (C=O) groups is 6. The molecule has 25 nitrogen and oxygen atoms in total. The summed E-state index contributed by atoms with van der Waals surface area (Å²) in [5.74, 6) is -0.408. The van der Waals surface area contributed by atoms with Gasteiger partial charge < -0.3 is 55.2 Å². The molecule has 78 heavy (non-hydrogen) atoms. The monoisotopic (exact) mass is 1080 g/mol. The quantitative estimate of drug-likeness (QED) is 0.0473. The van der Waals surface area contributed by atoms with E-state index in [1.165, 1.54) is 20.3 Å². The van der Waals surface area contributed by atoms with Crippen molar-refractivity contribution in [1.29, 1.82) is 0 Å². The van der Waals surface area contributed by atoms with Crippen LogP contribution in [-0.2, 0) is 37.3 Å². The summed E-state index contributed by atoms with van der Waals surface area (Å²) < 4.78 is 23.7. The number of aromatic nitrogens is 8. The molecule has 1 saturated heterocycles. The molecule has 2 aliphatic rings. The van der Waals surface area contributed by atoms with Gasteiger partial charge in [0.05, 0.1) is 36.6 Å². The molecule has 1 saturated carbocycles. The molecule has 6 aromatic rings. The summed E-state index contributed by atoms with van der Waals surface area (Å²) in [7, 11) is 6.53. The normalized spacial score (nSPS) is 15.6. The molecule has 8 N–H and O–H groups in total. The number of rotatable bonds is 23. The Bertz CT molecular complexity index is 3190. The van der Waals surface area contributed by atoms with Crippen LogP contribution in [0.1, 0.15) is 112 Å². The molecule has 0 bridgehead atoms. The molecular weight excluding hydrogens is 1000 g/mol. The number of nitrogens with zero attached hydrogens (tertiary/aromatic N) is 10. The van der Waals surface area contributed by atoms with Crippen molar-refractivity contribution in [1.82, 2.24) is 59.1 Å². The fourth-order valence-corrected chi connectivity index (χ4v) is 10.5. The first-order valence-corrected chi connectivity index (χ1v) is 26.6. The largest absolute Gasteiger partial charge is 0.494 e. The average Bonchev–Trinajstić information content (AvgIpc) is 4.31. The van der Waals surface area contributed by atoms with E-state index in [1.54, 1.807) is 72.7 Å². The molecule has 5 heterocycles. The van der Waals surface area contributed by atoms with Crippen molar-refractivity contribution >= 4 is 69.7 Å². The molecule has 418 valence electrons. The lowest BCUT2D eigenvalue weighted by atomic mass is 10.0. The number of anilines is 2. The predicted octanol–water partition coefficient (Wildman–Crippen LogP) is 4.75. The third-order valence-corrected chi connectivity index (χ3v) is 14.6. The van der Waals surface area contributed by atoms with E-state index in [4.69, 9.17) is 35.8 Å². The molecule has 2 fully saturated rings. The third-order valence-electron chi connectivity index (χ3n) is 14.6. The molecule has 8 amide bonds. The van der Waals surface area contributed by atoms with Gasteiger partial charge in [-0.2, -0.15) is 10.2 Å². The van der Waals surface area contributed by atoms with E-state index < -0.39 is 23.6 Å². The number of imidazole rings is 2. The smallest absolute Gasteiger partial charge is 0.317 e. The van der Waals surface area contributed by atoms with Crippen LogP contribution in [0.3, 0.4) is 0 Å². The molecule has 2 aromatic carbocycles.